The van der Waals surface area contributed by atoms with E-state index in [1.54, 1.807) is 0 Å². The van der Waals surface area contributed by atoms with Gasteiger partial charge in [-0.1, -0.05) is 32.0 Å². The van der Waals surface area contributed by atoms with Crippen molar-refractivity contribution in [1.82, 2.24) is 10.2 Å². The summed E-state index contributed by atoms with van der Waals surface area (Å²) >= 11 is 0. The third kappa shape index (κ3) is 4.73. The Morgan fingerprint density at radius 1 is 1.24 bits per heavy atom. The fourth-order valence-corrected chi connectivity index (χ4v) is 4.01. The van der Waals surface area contributed by atoms with Gasteiger partial charge in [0.1, 0.15) is 0 Å². The lowest BCUT2D eigenvalue weighted by Crippen LogP contribution is -2.54. The molecule has 5 heteroatoms. The smallest absolute Gasteiger partial charge is 0.234 e. The molecule has 0 radical (unpaired) electrons. The zero-order chi connectivity index (χ0) is 17.9. The van der Waals surface area contributed by atoms with Gasteiger partial charge in [-0.05, 0) is 36.3 Å². The van der Waals surface area contributed by atoms with Crippen molar-refractivity contribution in [2.24, 2.45) is 17.1 Å². The largest absolute Gasteiger partial charge is 0.371 e. The van der Waals surface area contributed by atoms with Gasteiger partial charge in [-0.15, -0.1) is 0 Å². The van der Waals surface area contributed by atoms with Crippen LogP contribution >= 0.6 is 0 Å². The molecule has 0 aromatic heterocycles. The van der Waals surface area contributed by atoms with E-state index in [-0.39, 0.29) is 17.4 Å². The number of piperidine rings is 1. The van der Waals surface area contributed by atoms with Gasteiger partial charge >= 0.3 is 0 Å². The molecule has 2 heterocycles. The van der Waals surface area contributed by atoms with E-state index in [1.807, 2.05) is 6.07 Å². The molecule has 0 saturated carbocycles. The van der Waals surface area contributed by atoms with Crippen molar-refractivity contribution in [2.45, 2.75) is 32.7 Å². The highest BCUT2D eigenvalue weighted by molar-refractivity contribution is 5.78. The summed E-state index contributed by atoms with van der Waals surface area (Å²) in [6, 6.07) is 10.8. The monoisotopic (exact) mass is 344 g/mol. The number of para-hydroxylation sites is 1. The average molecular weight is 345 g/mol. The predicted molar refractivity (Wildman–Crippen MR) is 103 cm³/mol. The Bertz CT molecular complexity index is 574. The lowest BCUT2D eigenvalue weighted by Gasteiger charge is -2.42. The van der Waals surface area contributed by atoms with Gasteiger partial charge in [0.25, 0.3) is 0 Å². The number of benzene rings is 1. The van der Waals surface area contributed by atoms with Crippen LogP contribution in [-0.2, 0) is 4.79 Å². The van der Waals surface area contributed by atoms with Gasteiger partial charge in [0.2, 0.25) is 5.91 Å². The number of anilines is 1. The van der Waals surface area contributed by atoms with Crippen LogP contribution in [0.4, 0.5) is 5.69 Å². The summed E-state index contributed by atoms with van der Waals surface area (Å²) in [5, 5.41) is 3.14. The van der Waals surface area contributed by atoms with Crippen LogP contribution in [0.15, 0.2) is 30.3 Å². The van der Waals surface area contributed by atoms with E-state index in [0.717, 1.165) is 45.6 Å². The highest BCUT2D eigenvalue weighted by atomic mass is 16.2. The van der Waals surface area contributed by atoms with Gasteiger partial charge in [-0.25, -0.2) is 0 Å². The minimum atomic E-state index is 0.0835. The summed E-state index contributed by atoms with van der Waals surface area (Å²) < 4.78 is 0. The molecular weight excluding hydrogens is 312 g/mol. The number of nitrogens with two attached hydrogens (primary N) is 1. The number of amides is 1. The van der Waals surface area contributed by atoms with Crippen LogP contribution in [0.2, 0.25) is 0 Å². The number of likely N-dealkylation sites (tertiary alicyclic amines) is 1. The maximum Gasteiger partial charge on any atom is 0.234 e. The molecule has 0 aliphatic carbocycles. The van der Waals surface area contributed by atoms with Gasteiger partial charge in [0.15, 0.2) is 0 Å². The Labute approximate surface area is 151 Å². The van der Waals surface area contributed by atoms with Gasteiger partial charge in [0, 0.05) is 44.5 Å². The van der Waals surface area contributed by atoms with Crippen molar-refractivity contribution in [3.05, 3.63) is 30.3 Å². The lowest BCUT2D eigenvalue weighted by molar-refractivity contribution is -0.123. The second kappa shape index (κ2) is 7.75. The first kappa shape index (κ1) is 18.2. The molecule has 25 heavy (non-hydrogen) atoms. The first-order chi connectivity index (χ1) is 11.9. The zero-order valence-electron chi connectivity index (χ0n) is 15.6. The third-order valence-corrected chi connectivity index (χ3v) is 5.75. The number of hydrogen-bond acceptors (Lipinski definition) is 4. The van der Waals surface area contributed by atoms with E-state index in [9.17, 15) is 4.79 Å². The summed E-state index contributed by atoms with van der Waals surface area (Å²) in [6.07, 6.45) is 2.11. The summed E-state index contributed by atoms with van der Waals surface area (Å²) in [5.74, 6) is 0.680. The predicted octanol–water partition coefficient (Wildman–Crippen LogP) is 1.69. The number of carbonyl (C=O) groups excluding carboxylic acids is 1. The molecule has 0 spiro atoms. The van der Waals surface area contributed by atoms with E-state index in [4.69, 9.17) is 5.73 Å². The van der Waals surface area contributed by atoms with Crippen molar-refractivity contribution < 1.29 is 4.79 Å². The Balaban J connectivity index is 1.40. The molecule has 2 atom stereocenters. The molecule has 2 unspecified atom stereocenters. The molecule has 2 aliphatic heterocycles. The minimum Gasteiger partial charge on any atom is -0.371 e. The standard InChI is InChI=1S/C20H32N4O/c1-20(2)15-23(10-9-18(20)21)14-19(25)22-12-16-8-11-24(13-16)17-6-4-3-5-7-17/h3-7,16,18H,8-15,21H2,1-2H3,(H,22,25). The van der Waals surface area contributed by atoms with E-state index >= 15 is 0 Å². The first-order valence-corrected chi connectivity index (χ1v) is 9.49. The van der Waals surface area contributed by atoms with Crippen LogP contribution < -0.4 is 16.0 Å². The number of hydrogen-bond donors (Lipinski definition) is 2. The van der Waals surface area contributed by atoms with Gasteiger partial charge < -0.3 is 16.0 Å². The SMILES string of the molecule is CC1(C)CN(CC(=O)NCC2CCN(c3ccccc3)C2)CCC1N. The molecule has 138 valence electrons. The van der Waals surface area contributed by atoms with E-state index in [2.05, 4.69) is 53.2 Å². The van der Waals surface area contributed by atoms with Crippen molar-refractivity contribution in [2.75, 3.05) is 44.2 Å². The van der Waals surface area contributed by atoms with Crippen LogP contribution in [0.5, 0.6) is 0 Å². The highest BCUT2D eigenvalue weighted by Crippen LogP contribution is 2.27. The number of nitrogens with one attached hydrogen (secondary N) is 1. The number of carbonyl (C=O) groups is 1. The normalized spacial score (nSPS) is 26.6. The molecule has 2 fully saturated rings. The fraction of sp³-hybridized carbons (Fsp3) is 0.650. The Kier molecular flexibility index (Phi) is 5.64. The third-order valence-electron chi connectivity index (χ3n) is 5.75. The van der Waals surface area contributed by atoms with Crippen LogP contribution in [-0.4, -0.2) is 56.1 Å². The van der Waals surface area contributed by atoms with Crippen molar-refractivity contribution in [1.29, 1.82) is 0 Å². The van der Waals surface area contributed by atoms with Crippen molar-refractivity contribution in [3.8, 4) is 0 Å². The molecule has 1 amide bonds. The summed E-state index contributed by atoms with van der Waals surface area (Å²) in [5.41, 5.74) is 7.54. The second-order valence-electron chi connectivity index (χ2n) is 8.33. The van der Waals surface area contributed by atoms with Crippen LogP contribution in [0, 0.1) is 11.3 Å². The number of nitrogens with zero attached hydrogens (tertiary/aromatic N) is 2. The molecule has 1 aromatic rings. The maximum atomic E-state index is 12.3. The lowest BCUT2D eigenvalue weighted by atomic mass is 9.80. The molecule has 2 aliphatic rings. The van der Waals surface area contributed by atoms with E-state index in [1.165, 1.54) is 5.69 Å². The topological polar surface area (TPSA) is 61.6 Å². The Morgan fingerprint density at radius 2 is 2.00 bits per heavy atom. The van der Waals surface area contributed by atoms with E-state index in [0.29, 0.717) is 12.5 Å². The zero-order valence-corrected chi connectivity index (χ0v) is 15.6. The maximum absolute atomic E-state index is 12.3. The molecule has 3 N–H and O–H groups in total. The summed E-state index contributed by atoms with van der Waals surface area (Å²) in [6.45, 7) is 9.57. The summed E-state index contributed by atoms with van der Waals surface area (Å²) in [4.78, 5) is 17.0. The van der Waals surface area contributed by atoms with Crippen LogP contribution in [0.1, 0.15) is 26.7 Å². The molecule has 1 aromatic carbocycles. The Morgan fingerprint density at radius 3 is 2.72 bits per heavy atom. The second-order valence-corrected chi connectivity index (χ2v) is 8.33. The average Bonchev–Trinajstić information content (AvgIpc) is 3.06. The minimum absolute atomic E-state index is 0.0835. The van der Waals surface area contributed by atoms with Crippen molar-refractivity contribution >= 4 is 11.6 Å². The molecule has 5 nitrogen and oxygen atoms in total. The quantitative estimate of drug-likeness (QED) is 0.853. The van der Waals surface area contributed by atoms with Crippen LogP contribution in [0.25, 0.3) is 0 Å². The van der Waals surface area contributed by atoms with Crippen LogP contribution in [0.3, 0.4) is 0 Å². The van der Waals surface area contributed by atoms with E-state index < -0.39 is 0 Å². The molecule has 2 saturated heterocycles. The molecule has 3 rings (SSSR count). The van der Waals surface area contributed by atoms with Crippen molar-refractivity contribution in [3.63, 3.8) is 0 Å². The number of rotatable bonds is 5. The molecule has 0 bridgehead atoms. The van der Waals surface area contributed by atoms with Gasteiger partial charge in [0.05, 0.1) is 6.54 Å². The highest BCUT2D eigenvalue weighted by Gasteiger charge is 2.34. The summed E-state index contributed by atoms with van der Waals surface area (Å²) in [7, 11) is 0. The van der Waals surface area contributed by atoms with Gasteiger partial charge in [-0.3, -0.25) is 9.69 Å². The fourth-order valence-electron chi connectivity index (χ4n) is 4.01. The first-order valence-electron chi connectivity index (χ1n) is 9.49. The Hall–Kier alpha value is -1.59. The van der Waals surface area contributed by atoms with Gasteiger partial charge in [-0.2, -0.15) is 0 Å². The molecular formula is C20H32N4O.